The predicted molar refractivity (Wildman–Crippen MR) is 132 cm³/mol. The first kappa shape index (κ1) is 23.0. The lowest BCUT2D eigenvalue weighted by Crippen LogP contribution is -2.54. The Hall–Kier alpha value is -2.20. The molecule has 2 aromatic rings. The standard InChI is InChI=1S/C23H30N4O3S2/c1-18-3-7-21(8-4-18)27-12-11-25(17-19(27)2)23(31)24-20-5-9-22(10-6-20)32(28,29)26-13-15-30-16-14-26/h3-10,19H,11-17H2,1-2H3,(H,24,31)/t19-/m0/s1. The maximum absolute atomic E-state index is 12.8. The van der Waals surface area contributed by atoms with Crippen LogP contribution in [-0.4, -0.2) is 74.7 Å². The molecule has 0 saturated carbocycles. The molecule has 2 aliphatic rings. The van der Waals surface area contributed by atoms with Crippen LogP contribution >= 0.6 is 12.2 Å². The molecule has 0 aliphatic carbocycles. The number of thiocarbonyl (C=S) groups is 1. The number of hydrogen-bond acceptors (Lipinski definition) is 5. The van der Waals surface area contributed by atoms with Crippen molar-refractivity contribution < 1.29 is 13.2 Å². The molecule has 0 amide bonds. The van der Waals surface area contributed by atoms with Crippen molar-refractivity contribution in [1.82, 2.24) is 9.21 Å². The summed E-state index contributed by atoms with van der Waals surface area (Å²) in [5.74, 6) is 0. The van der Waals surface area contributed by atoms with E-state index >= 15 is 0 Å². The van der Waals surface area contributed by atoms with E-state index in [0.717, 1.165) is 25.3 Å². The normalized spacial score (nSPS) is 20.2. The number of ether oxygens (including phenoxy) is 1. The van der Waals surface area contributed by atoms with Crippen LogP contribution < -0.4 is 10.2 Å². The quantitative estimate of drug-likeness (QED) is 0.684. The van der Waals surface area contributed by atoms with E-state index in [9.17, 15) is 8.42 Å². The van der Waals surface area contributed by atoms with Gasteiger partial charge in [0, 0.05) is 50.1 Å². The fourth-order valence-corrected chi connectivity index (χ4v) is 5.80. The first-order chi connectivity index (χ1) is 15.3. The number of benzene rings is 2. The third kappa shape index (κ3) is 5.06. The van der Waals surface area contributed by atoms with Crippen LogP contribution in [0.2, 0.25) is 0 Å². The minimum atomic E-state index is -3.49. The monoisotopic (exact) mass is 474 g/mol. The van der Waals surface area contributed by atoms with Crippen molar-refractivity contribution in [2.45, 2.75) is 24.8 Å². The number of nitrogens with zero attached hydrogens (tertiary/aromatic N) is 3. The zero-order valence-corrected chi connectivity index (χ0v) is 20.2. The molecule has 1 atom stereocenters. The van der Waals surface area contributed by atoms with E-state index < -0.39 is 10.0 Å². The van der Waals surface area contributed by atoms with Gasteiger partial charge in [0.2, 0.25) is 10.0 Å². The van der Waals surface area contributed by atoms with E-state index in [-0.39, 0.29) is 4.90 Å². The number of aryl methyl sites for hydroxylation is 1. The van der Waals surface area contributed by atoms with Crippen LogP contribution in [0, 0.1) is 6.92 Å². The van der Waals surface area contributed by atoms with Gasteiger partial charge >= 0.3 is 0 Å². The summed E-state index contributed by atoms with van der Waals surface area (Å²) in [4.78, 5) is 4.86. The molecule has 2 aromatic carbocycles. The molecule has 172 valence electrons. The van der Waals surface area contributed by atoms with Crippen molar-refractivity contribution in [1.29, 1.82) is 0 Å². The van der Waals surface area contributed by atoms with E-state index in [2.05, 4.69) is 53.2 Å². The highest BCUT2D eigenvalue weighted by atomic mass is 32.2. The summed E-state index contributed by atoms with van der Waals surface area (Å²) in [7, 11) is -3.49. The number of hydrogen-bond donors (Lipinski definition) is 1. The molecular weight excluding hydrogens is 444 g/mol. The molecule has 2 heterocycles. The first-order valence-corrected chi connectivity index (χ1v) is 12.8. The third-order valence-electron chi connectivity index (χ3n) is 5.99. The summed E-state index contributed by atoms with van der Waals surface area (Å²) in [6, 6.07) is 15.8. The van der Waals surface area contributed by atoms with Crippen molar-refractivity contribution in [2.24, 2.45) is 0 Å². The van der Waals surface area contributed by atoms with Crippen molar-refractivity contribution in [2.75, 3.05) is 56.2 Å². The van der Waals surface area contributed by atoms with Crippen LogP contribution in [0.5, 0.6) is 0 Å². The Kier molecular flexibility index (Phi) is 6.99. The van der Waals surface area contributed by atoms with Gasteiger partial charge in [-0.25, -0.2) is 8.42 Å². The Morgan fingerprint density at radius 2 is 1.66 bits per heavy atom. The van der Waals surface area contributed by atoms with E-state index in [1.54, 1.807) is 24.3 Å². The molecule has 0 radical (unpaired) electrons. The van der Waals surface area contributed by atoms with Crippen molar-refractivity contribution in [3.63, 3.8) is 0 Å². The van der Waals surface area contributed by atoms with Crippen LogP contribution in [-0.2, 0) is 14.8 Å². The maximum atomic E-state index is 12.8. The molecule has 2 saturated heterocycles. The van der Waals surface area contributed by atoms with Gasteiger partial charge in [0.1, 0.15) is 0 Å². The summed E-state index contributed by atoms with van der Waals surface area (Å²) < 4.78 is 32.3. The molecular formula is C23H30N4O3S2. The molecule has 2 fully saturated rings. The van der Waals surface area contributed by atoms with Gasteiger partial charge in [0.05, 0.1) is 18.1 Å². The Morgan fingerprint density at radius 1 is 1.00 bits per heavy atom. The van der Waals surface area contributed by atoms with Crippen LogP contribution in [0.1, 0.15) is 12.5 Å². The first-order valence-electron chi connectivity index (χ1n) is 10.9. The SMILES string of the molecule is Cc1ccc(N2CCN(C(=S)Nc3ccc(S(=O)(=O)N4CCOCC4)cc3)C[C@@H]2C)cc1. The average Bonchev–Trinajstić information content (AvgIpc) is 2.80. The molecule has 0 aromatic heterocycles. The number of rotatable bonds is 4. The minimum Gasteiger partial charge on any atom is -0.379 e. The molecule has 0 unspecified atom stereocenters. The zero-order chi connectivity index (χ0) is 22.7. The van der Waals surface area contributed by atoms with Gasteiger partial charge < -0.3 is 19.9 Å². The third-order valence-corrected chi connectivity index (χ3v) is 8.27. The second-order valence-corrected chi connectivity index (χ2v) is 10.6. The summed E-state index contributed by atoms with van der Waals surface area (Å²) in [5.41, 5.74) is 3.28. The summed E-state index contributed by atoms with van der Waals surface area (Å²) in [5, 5.41) is 3.92. The minimum absolute atomic E-state index is 0.288. The molecule has 7 nitrogen and oxygen atoms in total. The van der Waals surface area contributed by atoms with Gasteiger partial charge in [-0.2, -0.15) is 4.31 Å². The van der Waals surface area contributed by atoms with Crippen LogP contribution in [0.25, 0.3) is 0 Å². The Labute approximate surface area is 196 Å². The highest BCUT2D eigenvalue weighted by Crippen LogP contribution is 2.23. The molecule has 2 aliphatic heterocycles. The van der Waals surface area contributed by atoms with Crippen molar-refractivity contribution >= 4 is 38.7 Å². The lowest BCUT2D eigenvalue weighted by atomic mass is 10.1. The lowest BCUT2D eigenvalue weighted by Gasteiger charge is -2.42. The topological polar surface area (TPSA) is 65.1 Å². The summed E-state index contributed by atoms with van der Waals surface area (Å²) in [6.45, 7) is 8.49. The fraction of sp³-hybridized carbons (Fsp3) is 0.435. The highest BCUT2D eigenvalue weighted by molar-refractivity contribution is 7.89. The van der Waals surface area contributed by atoms with Gasteiger partial charge in [-0.15, -0.1) is 0 Å². The van der Waals surface area contributed by atoms with Crippen LogP contribution in [0.4, 0.5) is 11.4 Å². The number of piperazine rings is 1. The number of anilines is 2. The molecule has 4 rings (SSSR count). The largest absolute Gasteiger partial charge is 0.379 e. The second kappa shape index (κ2) is 9.74. The number of morpholine rings is 1. The second-order valence-electron chi connectivity index (χ2n) is 8.29. The molecule has 1 N–H and O–H groups in total. The summed E-state index contributed by atoms with van der Waals surface area (Å²) >= 11 is 5.65. The molecule has 0 spiro atoms. The van der Waals surface area contributed by atoms with Crippen LogP contribution in [0.3, 0.4) is 0 Å². The highest BCUT2D eigenvalue weighted by Gasteiger charge is 2.27. The molecule has 32 heavy (non-hydrogen) atoms. The summed E-state index contributed by atoms with van der Waals surface area (Å²) in [6.07, 6.45) is 0. The van der Waals surface area contributed by atoms with Crippen molar-refractivity contribution in [3.8, 4) is 0 Å². The van der Waals surface area contributed by atoms with E-state index in [1.165, 1.54) is 15.6 Å². The van der Waals surface area contributed by atoms with Gasteiger partial charge in [-0.3, -0.25) is 0 Å². The van der Waals surface area contributed by atoms with E-state index in [4.69, 9.17) is 17.0 Å². The van der Waals surface area contributed by atoms with E-state index in [1.807, 2.05) is 0 Å². The number of sulfonamides is 1. The lowest BCUT2D eigenvalue weighted by molar-refractivity contribution is 0.0730. The van der Waals surface area contributed by atoms with Gasteiger partial charge in [-0.05, 0) is 62.5 Å². The molecule has 9 heteroatoms. The smallest absolute Gasteiger partial charge is 0.243 e. The van der Waals surface area contributed by atoms with E-state index in [0.29, 0.717) is 37.5 Å². The van der Waals surface area contributed by atoms with Crippen LogP contribution in [0.15, 0.2) is 53.4 Å². The molecule has 0 bridgehead atoms. The number of nitrogens with one attached hydrogen (secondary N) is 1. The van der Waals surface area contributed by atoms with Gasteiger partial charge in [0.15, 0.2) is 5.11 Å². The Morgan fingerprint density at radius 3 is 2.28 bits per heavy atom. The maximum Gasteiger partial charge on any atom is 0.243 e. The zero-order valence-electron chi connectivity index (χ0n) is 18.5. The average molecular weight is 475 g/mol. The van der Waals surface area contributed by atoms with Crippen molar-refractivity contribution in [3.05, 3.63) is 54.1 Å². The fourth-order valence-electron chi connectivity index (χ4n) is 4.11. The Balaban J connectivity index is 1.35. The Bertz CT molecular complexity index is 1040. The van der Waals surface area contributed by atoms with Gasteiger partial charge in [0.25, 0.3) is 0 Å². The predicted octanol–water partition coefficient (Wildman–Crippen LogP) is 2.92. The van der Waals surface area contributed by atoms with Gasteiger partial charge in [-0.1, -0.05) is 17.7 Å².